The van der Waals surface area contributed by atoms with Gasteiger partial charge in [0, 0.05) is 35.8 Å². The molecule has 0 aliphatic carbocycles. The van der Waals surface area contributed by atoms with Gasteiger partial charge in [-0.2, -0.15) is 5.10 Å². The van der Waals surface area contributed by atoms with Crippen molar-refractivity contribution in [3.63, 3.8) is 0 Å². The van der Waals surface area contributed by atoms with Crippen molar-refractivity contribution in [3.8, 4) is 11.3 Å². The number of morpholine rings is 1. The van der Waals surface area contributed by atoms with Crippen LogP contribution in [0.5, 0.6) is 0 Å². The Labute approximate surface area is 169 Å². The first kappa shape index (κ1) is 18.0. The predicted octanol–water partition coefficient (Wildman–Crippen LogP) is 4.11. The third-order valence-electron chi connectivity index (χ3n) is 5.27. The molecule has 0 atom stereocenters. The number of hydrogen-bond acceptors (Lipinski definition) is 4. The second-order valence-electron chi connectivity index (χ2n) is 7.28. The summed E-state index contributed by atoms with van der Waals surface area (Å²) in [6.07, 6.45) is 0. The maximum atomic E-state index is 5.89. The van der Waals surface area contributed by atoms with Crippen molar-refractivity contribution in [2.24, 2.45) is 0 Å². The van der Waals surface area contributed by atoms with Crippen LogP contribution in [0.15, 0.2) is 60.7 Å². The Balaban J connectivity index is 1.34. The van der Waals surface area contributed by atoms with Gasteiger partial charge in [-0.3, -0.25) is 5.10 Å². The van der Waals surface area contributed by atoms with Gasteiger partial charge in [-0.15, -0.1) is 0 Å². The zero-order valence-corrected chi connectivity index (χ0v) is 16.2. The van der Waals surface area contributed by atoms with Gasteiger partial charge in [0.1, 0.15) is 0 Å². The van der Waals surface area contributed by atoms with E-state index in [1.807, 2.05) is 18.2 Å². The van der Waals surface area contributed by atoms with Crippen molar-refractivity contribution >= 4 is 16.7 Å². The van der Waals surface area contributed by atoms with E-state index >= 15 is 0 Å². The molecular formula is C23H24N4O2. The van der Waals surface area contributed by atoms with Crippen LogP contribution in [0.3, 0.4) is 0 Å². The van der Waals surface area contributed by atoms with Gasteiger partial charge in [0.2, 0.25) is 0 Å². The Morgan fingerprint density at radius 1 is 0.966 bits per heavy atom. The number of nitrogens with zero attached hydrogens (tertiary/aromatic N) is 2. The minimum atomic E-state index is 0.547. The predicted molar refractivity (Wildman–Crippen MR) is 114 cm³/mol. The lowest BCUT2D eigenvalue weighted by Crippen LogP contribution is -2.36. The van der Waals surface area contributed by atoms with Crippen molar-refractivity contribution in [2.45, 2.75) is 13.2 Å². The second kappa shape index (κ2) is 8.11. The first-order valence-corrected chi connectivity index (χ1v) is 9.97. The molecule has 1 aliphatic heterocycles. The van der Waals surface area contributed by atoms with Crippen LogP contribution in [-0.4, -0.2) is 41.5 Å². The minimum absolute atomic E-state index is 0.547. The lowest BCUT2D eigenvalue weighted by atomic mass is 10.1. The highest BCUT2D eigenvalue weighted by Crippen LogP contribution is 2.30. The molecule has 2 aromatic carbocycles. The normalized spacial score (nSPS) is 14.6. The summed E-state index contributed by atoms with van der Waals surface area (Å²) < 4.78 is 11.3. The zero-order valence-electron chi connectivity index (χ0n) is 16.2. The molecule has 148 valence electrons. The number of ether oxygens (including phenoxy) is 2. The average molecular weight is 388 g/mol. The summed E-state index contributed by atoms with van der Waals surface area (Å²) >= 11 is 0. The van der Waals surface area contributed by atoms with E-state index in [1.54, 1.807) is 0 Å². The average Bonchev–Trinajstić information content (AvgIpc) is 3.42. The first-order chi connectivity index (χ1) is 14.4. The van der Waals surface area contributed by atoms with Gasteiger partial charge in [-0.1, -0.05) is 48.5 Å². The Bertz CT molecular complexity index is 1080. The van der Waals surface area contributed by atoms with Crippen LogP contribution in [0.1, 0.15) is 11.3 Å². The quantitative estimate of drug-likeness (QED) is 0.522. The van der Waals surface area contributed by atoms with Crippen LogP contribution in [0.2, 0.25) is 0 Å². The summed E-state index contributed by atoms with van der Waals surface area (Å²) in [6.45, 7) is 4.40. The molecule has 1 saturated heterocycles. The van der Waals surface area contributed by atoms with Crippen molar-refractivity contribution in [1.82, 2.24) is 15.2 Å². The van der Waals surface area contributed by atoms with Crippen molar-refractivity contribution in [2.75, 3.05) is 31.2 Å². The summed E-state index contributed by atoms with van der Waals surface area (Å²) in [5.41, 5.74) is 5.47. The van der Waals surface area contributed by atoms with E-state index in [0.717, 1.165) is 54.6 Å². The molecule has 0 spiro atoms. The fraction of sp³-hybridized carbons (Fsp3) is 0.261. The summed E-state index contributed by atoms with van der Waals surface area (Å²) in [6, 6.07) is 20.8. The van der Waals surface area contributed by atoms with Crippen LogP contribution < -0.4 is 4.90 Å². The molecule has 5 rings (SSSR count). The molecule has 1 fully saturated rings. The van der Waals surface area contributed by atoms with Gasteiger partial charge < -0.3 is 19.4 Å². The molecule has 29 heavy (non-hydrogen) atoms. The molecule has 2 aromatic heterocycles. The number of rotatable bonds is 6. The zero-order chi connectivity index (χ0) is 19.5. The number of hydrogen-bond donors (Lipinski definition) is 2. The highest BCUT2D eigenvalue weighted by atomic mass is 16.5. The third kappa shape index (κ3) is 3.90. The molecule has 0 unspecified atom stereocenters. The molecule has 4 aromatic rings. The lowest BCUT2D eigenvalue weighted by molar-refractivity contribution is 0.105. The van der Waals surface area contributed by atoms with Gasteiger partial charge >= 0.3 is 0 Å². The number of H-pyrrole nitrogens is 2. The highest BCUT2D eigenvalue weighted by molar-refractivity contribution is 5.94. The number of anilines is 1. The molecular weight excluding hydrogens is 364 g/mol. The van der Waals surface area contributed by atoms with Crippen LogP contribution >= 0.6 is 0 Å². The van der Waals surface area contributed by atoms with Gasteiger partial charge in [0.05, 0.1) is 37.6 Å². The van der Waals surface area contributed by atoms with E-state index in [9.17, 15) is 0 Å². The second-order valence-corrected chi connectivity index (χ2v) is 7.28. The Kier molecular flexibility index (Phi) is 5.02. The molecule has 6 nitrogen and oxygen atoms in total. The van der Waals surface area contributed by atoms with E-state index in [2.05, 4.69) is 62.5 Å². The number of para-hydroxylation sites is 1. The molecule has 6 heteroatoms. The maximum Gasteiger partial charge on any atom is 0.151 e. The summed E-state index contributed by atoms with van der Waals surface area (Å²) in [4.78, 5) is 5.78. The number of aromatic nitrogens is 3. The van der Waals surface area contributed by atoms with E-state index in [1.165, 1.54) is 10.9 Å². The monoisotopic (exact) mass is 388 g/mol. The van der Waals surface area contributed by atoms with E-state index in [4.69, 9.17) is 9.47 Å². The molecule has 0 bridgehead atoms. The molecule has 3 heterocycles. The van der Waals surface area contributed by atoms with E-state index < -0.39 is 0 Å². The Morgan fingerprint density at radius 2 is 1.83 bits per heavy atom. The summed E-state index contributed by atoms with van der Waals surface area (Å²) in [5.74, 6) is 0.971. The fourth-order valence-corrected chi connectivity index (χ4v) is 3.77. The van der Waals surface area contributed by atoms with Gasteiger partial charge in [0.15, 0.2) is 5.82 Å². The van der Waals surface area contributed by atoms with Crippen LogP contribution in [-0.2, 0) is 22.7 Å². The highest BCUT2D eigenvalue weighted by Gasteiger charge is 2.16. The van der Waals surface area contributed by atoms with Crippen molar-refractivity contribution in [3.05, 3.63) is 71.9 Å². The Hall–Kier alpha value is -3.09. The largest absolute Gasteiger partial charge is 0.378 e. The smallest absolute Gasteiger partial charge is 0.151 e. The standard InChI is InChI=1S/C23H24N4O2/c1-2-5-17(6-3-1)15-29-16-19-13-18-7-4-8-20(23(18)24-19)21-14-22(26-25-21)27-9-11-28-12-10-27/h1-8,13-14,24H,9-12,15-16H2,(H,25,26). The molecule has 0 radical (unpaired) electrons. The lowest BCUT2D eigenvalue weighted by Gasteiger charge is -2.26. The SMILES string of the molecule is c1ccc(COCc2cc3cccc(-c4cc(N5CCOCC5)n[nH]4)c3[nH]2)cc1. The molecule has 0 amide bonds. The van der Waals surface area contributed by atoms with Crippen LogP contribution in [0, 0.1) is 0 Å². The Morgan fingerprint density at radius 3 is 2.69 bits per heavy atom. The van der Waals surface area contributed by atoms with E-state index in [0.29, 0.717) is 13.2 Å². The number of aromatic amines is 2. The first-order valence-electron chi connectivity index (χ1n) is 9.97. The number of fused-ring (bicyclic) bond motifs is 1. The third-order valence-corrected chi connectivity index (χ3v) is 5.27. The summed E-state index contributed by atoms with van der Waals surface area (Å²) in [5, 5.41) is 8.89. The maximum absolute atomic E-state index is 5.89. The van der Waals surface area contributed by atoms with Gasteiger partial charge in [-0.25, -0.2) is 0 Å². The van der Waals surface area contributed by atoms with Gasteiger partial charge in [-0.05, 0) is 11.6 Å². The molecule has 2 N–H and O–H groups in total. The summed E-state index contributed by atoms with van der Waals surface area (Å²) in [7, 11) is 0. The van der Waals surface area contributed by atoms with Crippen LogP contribution in [0.4, 0.5) is 5.82 Å². The fourth-order valence-electron chi connectivity index (χ4n) is 3.77. The van der Waals surface area contributed by atoms with Crippen LogP contribution in [0.25, 0.3) is 22.2 Å². The number of benzene rings is 2. The van der Waals surface area contributed by atoms with Crippen molar-refractivity contribution < 1.29 is 9.47 Å². The molecule has 0 saturated carbocycles. The van der Waals surface area contributed by atoms with Gasteiger partial charge in [0.25, 0.3) is 0 Å². The van der Waals surface area contributed by atoms with Crippen molar-refractivity contribution in [1.29, 1.82) is 0 Å². The number of nitrogens with one attached hydrogen (secondary N) is 2. The topological polar surface area (TPSA) is 66.2 Å². The molecule has 1 aliphatic rings. The minimum Gasteiger partial charge on any atom is -0.378 e. The van der Waals surface area contributed by atoms with E-state index in [-0.39, 0.29) is 0 Å².